The van der Waals surface area contributed by atoms with Crippen LogP contribution in [-0.4, -0.2) is 41.8 Å². The summed E-state index contributed by atoms with van der Waals surface area (Å²) in [6, 6.07) is 16.2. The molecular weight excluding hydrogens is 330 g/mol. The highest BCUT2D eigenvalue weighted by molar-refractivity contribution is 5.79. The number of hydrogen-bond donors (Lipinski definition) is 1. The molecule has 0 spiro atoms. The SMILES string of the molecule is CC(CCC(=O)O)N(C)C(=O)OCC1c2ccccc2-c2ccccc21. The van der Waals surface area contributed by atoms with Crippen molar-refractivity contribution in [3.63, 3.8) is 0 Å². The topological polar surface area (TPSA) is 66.8 Å². The second kappa shape index (κ2) is 7.60. The zero-order chi connectivity index (χ0) is 18.7. The van der Waals surface area contributed by atoms with E-state index >= 15 is 0 Å². The van der Waals surface area contributed by atoms with E-state index in [2.05, 4.69) is 24.3 Å². The third-order valence-corrected chi connectivity index (χ3v) is 5.06. The Morgan fingerprint density at radius 3 is 2.15 bits per heavy atom. The zero-order valence-electron chi connectivity index (χ0n) is 15.0. The molecule has 26 heavy (non-hydrogen) atoms. The number of nitrogens with zero attached hydrogens (tertiary/aromatic N) is 1. The molecule has 3 rings (SSSR count). The molecule has 0 bridgehead atoms. The number of amides is 1. The van der Waals surface area contributed by atoms with Gasteiger partial charge in [-0.15, -0.1) is 0 Å². The van der Waals surface area contributed by atoms with Gasteiger partial charge in [-0.2, -0.15) is 0 Å². The second-order valence-corrected chi connectivity index (χ2v) is 6.70. The molecule has 1 aliphatic rings. The van der Waals surface area contributed by atoms with Crippen molar-refractivity contribution in [2.24, 2.45) is 0 Å². The van der Waals surface area contributed by atoms with E-state index in [9.17, 15) is 9.59 Å². The second-order valence-electron chi connectivity index (χ2n) is 6.70. The summed E-state index contributed by atoms with van der Waals surface area (Å²) in [4.78, 5) is 24.5. The zero-order valence-corrected chi connectivity index (χ0v) is 15.0. The molecule has 0 saturated heterocycles. The number of aliphatic carboxylic acids is 1. The van der Waals surface area contributed by atoms with Gasteiger partial charge in [-0.1, -0.05) is 48.5 Å². The van der Waals surface area contributed by atoms with Gasteiger partial charge < -0.3 is 14.7 Å². The van der Waals surface area contributed by atoms with Crippen LogP contribution in [0.1, 0.15) is 36.8 Å². The highest BCUT2D eigenvalue weighted by atomic mass is 16.6. The predicted molar refractivity (Wildman–Crippen MR) is 99.2 cm³/mol. The molecule has 0 saturated carbocycles. The molecular formula is C21H23NO4. The van der Waals surface area contributed by atoms with Crippen molar-refractivity contribution in [1.29, 1.82) is 0 Å². The number of carboxylic acid groups (broad SMARTS) is 1. The highest BCUT2D eigenvalue weighted by Crippen LogP contribution is 2.44. The first-order chi connectivity index (χ1) is 12.5. The summed E-state index contributed by atoms with van der Waals surface area (Å²) in [5.74, 6) is -0.841. The van der Waals surface area contributed by atoms with Gasteiger partial charge in [0.2, 0.25) is 0 Å². The molecule has 0 aromatic heterocycles. The lowest BCUT2D eigenvalue weighted by molar-refractivity contribution is -0.137. The van der Waals surface area contributed by atoms with Crippen LogP contribution in [-0.2, 0) is 9.53 Å². The van der Waals surface area contributed by atoms with Gasteiger partial charge >= 0.3 is 12.1 Å². The Bertz CT molecular complexity index is 772. The van der Waals surface area contributed by atoms with E-state index in [0.717, 1.165) is 0 Å². The molecule has 1 aliphatic carbocycles. The van der Waals surface area contributed by atoms with E-state index in [0.29, 0.717) is 6.42 Å². The van der Waals surface area contributed by atoms with Crippen LogP contribution < -0.4 is 0 Å². The number of carbonyl (C=O) groups is 2. The molecule has 5 heteroatoms. The molecule has 2 aromatic carbocycles. The molecule has 1 N–H and O–H groups in total. The molecule has 1 unspecified atom stereocenters. The van der Waals surface area contributed by atoms with Gasteiger partial charge in [-0.05, 0) is 35.6 Å². The Hall–Kier alpha value is -2.82. The summed E-state index contributed by atoms with van der Waals surface area (Å²) >= 11 is 0. The van der Waals surface area contributed by atoms with Crippen LogP contribution in [0.2, 0.25) is 0 Å². The highest BCUT2D eigenvalue weighted by Gasteiger charge is 2.29. The molecule has 0 heterocycles. The number of carboxylic acids is 1. The van der Waals surface area contributed by atoms with Crippen LogP contribution in [0.25, 0.3) is 11.1 Å². The van der Waals surface area contributed by atoms with Crippen molar-refractivity contribution in [2.45, 2.75) is 31.7 Å². The minimum atomic E-state index is -0.863. The van der Waals surface area contributed by atoms with Gasteiger partial charge in [0, 0.05) is 25.4 Å². The largest absolute Gasteiger partial charge is 0.481 e. The van der Waals surface area contributed by atoms with Gasteiger partial charge in [0.15, 0.2) is 0 Å². The van der Waals surface area contributed by atoms with Gasteiger partial charge in [-0.25, -0.2) is 4.79 Å². The summed E-state index contributed by atoms with van der Waals surface area (Å²) in [5, 5.41) is 8.78. The average Bonchev–Trinajstić information content (AvgIpc) is 2.97. The third-order valence-electron chi connectivity index (χ3n) is 5.06. The van der Waals surface area contributed by atoms with Crippen LogP contribution in [0.15, 0.2) is 48.5 Å². The minimum absolute atomic E-state index is 0.0223. The first-order valence-corrected chi connectivity index (χ1v) is 8.78. The van der Waals surface area contributed by atoms with E-state index < -0.39 is 12.1 Å². The maximum atomic E-state index is 12.4. The fraction of sp³-hybridized carbons (Fsp3) is 0.333. The van der Waals surface area contributed by atoms with Gasteiger partial charge in [0.05, 0.1) is 0 Å². The Labute approximate surface area is 153 Å². The van der Waals surface area contributed by atoms with Crippen molar-refractivity contribution < 1.29 is 19.4 Å². The third kappa shape index (κ3) is 3.57. The predicted octanol–water partition coefficient (Wildman–Crippen LogP) is 4.12. The smallest absolute Gasteiger partial charge is 0.409 e. The number of carbonyl (C=O) groups excluding carboxylic acids is 1. The van der Waals surface area contributed by atoms with E-state index in [4.69, 9.17) is 9.84 Å². The fourth-order valence-electron chi connectivity index (χ4n) is 3.40. The van der Waals surface area contributed by atoms with Crippen LogP contribution in [0.4, 0.5) is 4.79 Å². The molecule has 0 aliphatic heterocycles. The number of benzene rings is 2. The van der Waals surface area contributed by atoms with Gasteiger partial charge in [0.1, 0.15) is 6.61 Å². The number of fused-ring (bicyclic) bond motifs is 3. The van der Waals surface area contributed by atoms with E-state index in [1.807, 2.05) is 31.2 Å². The molecule has 0 fully saturated rings. The van der Waals surface area contributed by atoms with Crippen molar-refractivity contribution in [2.75, 3.05) is 13.7 Å². The van der Waals surface area contributed by atoms with Crippen molar-refractivity contribution in [3.8, 4) is 11.1 Å². The maximum Gasteiger partial charge on any atom is 0.409 e. The summed E-state index contributed by atoms with van der Waals surface area (Å²) in [7, 11) is 1.64. The molecule has 2 aromatic rings. The van der Waals surface area contributed by atoms with Crippen LogP contribution in [0, 0.1) is 0 Å². The van der Waals surface area contributed by atoms with Gasteiger partial charge in [0.25, 0.3) is 0 Å². The Balaban J connectivity index is 1.68. The maximum absolute atomic E-state index is 12.4. The summed E-state index contributed by atoms with van der Waals surface area (Å²) in [6.07, 6.45) is 0.00260. The lowest BCUT2D eigenvalue weighted by Crippen LogP contribution is -2.36. The number of ether oxygens (including phenoxy) is 1. The quantitative estimate of drug-likeness (QED) is 0.848. The molecule has 136 valence electrons. The monoisotopic (exact) mass is 353 g/mol. The average molecular weight is 353 g/mol. The number of rotatable bonds is 6. The van der Waals surface area contributed by atoms with Crippen molar-refractivity contribution >= 4 is 12.1 Å². The van der Waals surface area contributed by atoms with Crippen LogP contribution in [0.5, 0.6) is 0 Å². The first-order valence-electron chi connectivity index (χ1n) is 8.78. The molecule has 5 nitrogen and oxygen atoms in total. The molecule has 1 amide bonds. The fourth-order valence-corrected chi connectivity index (χ4v) is 3.40. The molecule has 1 atom stereocenters. The first kappa shape index (κ1) is 18.0. The van der Waals surface area contributed by atoms with E-state index in [1.54, 1.807) is 7.05 Å². The van der Waals surface area contributed by atoms with E-state index in [1.165, 1.54) is 27.2 Å². The van der Waals surface area contributed by atoms with Crippen molar-refractivity contribution in [1.82, 2.24) is 4.90 Å². The van der Waals surface area contributed by atoms with Crippen LogP contribution >= 0.6 is 0 Å². The number of hydrogen-bond acceptors (Lipinski definition) is 3. The van der Waals surface area contributed by atoms with Crippen molar-refractivity contribution in [3.05, 3.63) is 59.7 Å². The lowest BCUT2D eigenvalue weighted by Gasteiger charge is -2.25. The minimum Gasteiger partial charge on any atom is -0.481 e. The van der Waals surface area contributed by atoms with Crippen LogP contribution in [0.3, 0.4) is 0 Å². The summed E-state index contributed by atoms with van der Waals surface area (Å²) < 4.78 is 5.57. The normalized spacial score (nSPS) is 13.6. The Morgan fingerprint density at radius 2 is 1.62 bits per heavy atom. The molecule has 0 radical (unpaired) electrons. The Kier molecular flexibility index (Phi) is 5.26. The van der Waals surface area contributed by atoms with Gasteiger partial charge in [-0.3, -0.25) is 4.79 Å². The Morgan fingerprint density at radius 1 is 1.08 bits per heavy atom. The van der Waals surface area contributed by atoms with E-state index in [-0.39, 0.29) is 25.0 Å². The summed E-state index contributed by atoms with van der Waals surface area (Å²) in [5.41, 5.74) is 4.71. The standard InChI is InChI=1S/C21H23NO4/c1-14(11-12-20(23)24)22(2)21(25)26-13-19-17-9-5-3-7-15(17)16-8-4-6-10-18(16)19/h3-10,14,19H,11-13H2,1-2H3,(H,23,24). The summed E-state index contributed by atoms with van der Waals surface area (Å²) in [6.45, 7) is 2.09. The lowest BCUT2D eigenvalue weighted by atomic mass is 9.98.